The average molecular weight is 871 g/mol. The zero-order chi connectivity index (χ0) is 44.5. The third kappa shape index (κ3) is 10.9. The maximum atomic E-state index is 13.8. The number of nitrogens with zero attached hydrogens (tertiary/aromatic N) is 4. The Morgan fingerprint density at radius 1 is 0.714 bits per heavy atom. The van der Waals surface area contributed by atoms with Crippen molar-refractivity contribution in [1.29, 1.82) is 0 Å². The number of alkyl carbamates (subject to hydrolysis) is 2. The van der Waals surface area contributed by atoms with E-state index in [1.807, 2.05) is 50.4 Å². The van der Waals surface area contributed by atoms with Crippen molar-refractivity contribution in [3.8, 4) is 45.1 Å². The zero-order valence-corrected chi connectivity index (χ0v) is 37.2. The topological polar surface area (TPSA) is 194 Å². The van der Waals surface area contributed by atoms with Gasteiger partial charge in [0.25, 0.3) is 0 Å². The minimum atomic E-state index is -0.722. The lowest BCUT2D eigenvalue weighted by atomic mass is 9.98. The normalized spacial score (nSPS) is 19.6. The smallest absolute Gasteiger partial charge is 0.407 e. The molecular weight excluding hydrogens is 809 g/mol. The van der Waals surface area contributed by atoms with E-state index in [2.05, 4.69) is 45.4 Å². The number of benzene rings is 2. The molecule has 2 fully saturated rings. The second kappa shape index (κ2) is 21.1. The molecule has 2 aromatic heterocycles. The molecule has 3 amide bonds. The molecule has 3 aliphatic heterocycles. The van der Waals surface area contributed by atoms with Crippen LogP contribution >= 0.6 is 0 Å². The molecule has 340 valence electrons. The number of imidazole rings is 2. The molecule has 2 aromatic carbocycles. The number of aromatic amines is 2. The van der Waals surface area contributed by atoms with Crippen LogP contribution in [0.2, 0.25) is 0 Å². The molecule has 17 heteroatoms. The first-order valence-electron chi connectivity index (χ1n) is 22.1. The van der Waals surface area contributed by atoms with Gasteiger partial charge in [-0.05, 0) is 68.3 Å². The Balaban J connectivity index is 1.14. The van der Waals surface area contributed by atoms with E-state index in [1.54, 1.807) is 11.1 Å². The summed E-state index contributed by atoms with van der Waals surface area (Å²) in [6.07, 6.45) is 6.14. The van der Waals surface area contributed by atoms with Gasteiger partial charge in [-0.2, -0.15) is 0 Å². The lowest BCUT2D eigenvalue weighted by Crippen LogP contribution is -2.51. The minimum Gasteiger partial charge on any atom is -0.491 e. The molecule has 0 radical (unpaired) electrons. The van der Waals surface area contributed by atoms with Crippen molar-refractivity contribution in [3.63, 3.8) is 0 Å². The summed E-state index contributed by atoms with van der Waals surface area (Å²) in [5.41, 5.74) is 5.12. The van der Waals surface area contributed by atoms with E-state index < -0.39 is 18.2 Å². The predicted octanol–water partition coefficient (Wildman–Crippen LogP) is 6.50. The van der Waals surface area contributed by atoms with Crippen molar-refractivity contribution < 1.29 is 42.8 Å². The number of carbonyl (C=O) groups is 3. The van der Waals surface area contributed by atoms with Crippen molar-refractivity contribution in [3.05, 3.63) is 60.4 Å². The third-order valence-corrected chi connectivity index (χ3v) is 12.1. The number of fused-ring (bicyclic) bond motifs is 3. The highest BCUT2D eigenvalue weighted by Gasteiger charge is 2.38. The summed E-state index contributed by atoms with van der Waals surface area (Å²) in [6, 6.07) is 11.2. The Hall–Kier alpha value is -5.65. The Bertz CT molecular complexity index is 2170. The van der Waals surface area contributed by atoms with E-state index in [-0.39, 0.29) is 35.9 Å². The van der Waals surface area contributed by atoms with E-state index in [0.29, 0.717) is 70.1 Å². The van der Waals surface area contributed by atoms with Gasteiger partial charge in [0.15, 0.2) is 0 Å². The Morgan fingerprint density at radius 2 is 1.24 bits per heavy atom. The first-order valence-corrected chi connectivity index (χ1v) is 22.1. The predicted molar refractivity (Wildman–Crippen MR) is 235 cm³/mol. The molecule has 63 heavy (non-hydrogen) atoms. The number of amides is 3. The highest BCUT2D eigenvalue weighted by molar-refractivity contribution is 5.86. The van der Waals surface area contributed by atoms with Gasteiger partial charge < -0.3 is 53.9 Å². The number of hydrogen-bond acceptors (Lipinski definition) is 12. The summed E-state index contributed by atoms with van der Waals surface area (Å²) in [5.74, 6) is 2.81. The molecule has 4 unspecified atom stereocenters. The number of likely N-dealkylation sites (tertiary alicyclic amines) is 2. The molecule has 3 aliphatic rings. The SMILES string of the molecule is COC(=O)NC(CN1CCCC1c1ncc(-c2ccc3c(c2)OCCOCCOCCOc2cc(-c4cnc(C5CCCN5C(=O)C(NC(=O)OC)C(C)C)[nH]4)ccc2-3)[nH]1)C(C)C. The maximum Gasteiger partial charge on any atom is 0.407 e. The summed E-state index contributed by atoms with van der Waals surface area (Å²) in [4.78, 5) is 58.9. The average Bonchev–Trinajstić information content (AvgIpc) is 4.13. The van der Waals surface area contributed by atoms with Crippen LogP contribution in [0.15, 0.2) is 48.8 Å². The van der Waals surface area contributed by atoms with Crippen LogP contribution in [0, 0.1) is 11.8 Å². The minimum absolute atomic E-state index is 0.0628. The molecule has 5 heterocycles. The maximum absolute atomic E-state index is 13.8. The van der Waals surface area contributed by atoms with Crippen LogP contribution in [0.5, 0.6) is 11.5 Å². The fourth-order valence-electron chi connectivity index (χ4n) is 8.55. The van der Waals surface area contributed by atoms with E-state index in [9.17, 15) is 14.4 Å². The van der Waals surface area contributed by atoms with Gasteiger partial charge in [0.1, 0.15) is 42.4 Å². The van der Waals surface area contributed by atoms with Gasteiger partial charge in [0, 0.05) is 41.4 Å². The molecule has 17 nitrogen and oxygen atoms in total. The van der Waals surface area contributed by atoms with E-state index in [4.69, 9.17) is 38.4 Å². The highest BCUT2D eigenvalue weighted by Crippen LogP contribution is 2.42. The Kier molecular flexibility index (Phi) is 15.2. The van der Waals surface area contributed by atoms with Gasteiger partial charge >= 0.3 is 12.2 Å². The van der Waals surface area contributed by atoms with Crippen LogP contribution in [0.4, 0.5) is 9.59 Å². The summed E-state index contributed by atoms with van der Waals surface area (Å²) >= 11 is 0. The van der Waals surface area contributed by atoms with Crippen LogP contribution in [0.25, 0.3) is 33.6 Å². The molecule has 0 saturated carbocycles. The van der Waals surface area contributed by atoms with Crippen molar-refractivity contribution in [2.24, 2.45) is 11.8 Å². The number of aromatic nitrogens is 4. The lowest BCUT2D eigenvalue weighted by molar-refractivity contribution is -0.135. The van der Waals surface area contributed by atoms with Crippen molar-refractivity contribution >= 4 is 18.1 Å². The van der Waals surface area contributed by atoms with Gasteiger partial charge in [-0.1, -0.05) is 39.8 Å². The van der Waals surface area contributed by atoms with E-state index >= 15 is 0 Å². The molecule has 4 N–H and O–H groups in total. The quantitative estimate of drug-likeness (QED) is 0.128. The standard InChI is InChI=1S/C46H62N8O9/c1-28(2)36(51-45(56)58-5)27-53-15-7-9-37(53)42-47-25-34(49-42)30-11-13-32-33-14-12-31(24-40(33)63-22-20-61-18-17-60-19-21-62-39(32)23-30)35-26-48-43(50-35)38-10-8-16-54(38)44(55)41(29(3)4)52-46(57)59-6/h11-14,23-26,28-29,36-38,41H,7-10,15-22,27H2,1-6H3,(H,47,49)(H,48,50)(H,51,56)(H,52,57). The van der Waals surface area contributed by atoms with Gasteiger partial charge in [-0.15, -0.1) is 0 Å². The van der Waals surface area contributed by atoms with Crippen molar-refractivity contribution in [2.45, 2.75) is 77.5 Å². The fourth-order valence-corrected chi connectivity index (χ4v) is 8.55. The number of hydrogen-bond donors (Lipinski definition) is 4. The molecule has 0 bridgehead atoms. The number of ether oxygens (including phenoxy) is 6. The van der Waals surface area contributed by atoms with Crippen LogP contribution in [0.3, 0.4) is 0 Å². The Labute approximate surface area is 368 Å². The molecule has 4 atom stereocenters. The van der Waals surface area contributed by atoms with Crippen LogP contribution in [-0.4, -0.2) is 133 Å². The molecular formula is C46H62N8O9. The Morgan fingerprint density at radius 3 is 1.79 bits per heavy atom. The number of rotatable bonds is 11. The lowest BCUT2D eigenvalue weighted by Gasteiger charge is -2.30. The van der Waals surface area contributed by atoms with E-state index in [1.165, 1.54) is 14.2 Å². The molecule has 2 saturated heterocycles. The molecule has 0 spiro atoms. The second-order valence-electron chi connectivity index (χ2n) is 16.9. The van der Waals surface area contributed by atoms with Gasteiger partial charge in [0.2, 0.25) is 5.91 Å². The number of nitrogens with one attached hydrogen (secondary N) is 4. The van der Waals surface area contributed by atoms with Crippen LogP contribution in [-0.2, 0) is 23.7 Å². The molecule has 0 aliphatic carbocycles. The van der Waals surface area contributed by atoms with Gasteiger partial charge in [-0.3, -0.25) is 9.69 Å². The molecule has 4 aromatic rings. The third-order valence-electron chi connectivity index (χ3n) is 12.1. The number of H-pyrrole nitrogens is 2. The van der Waals surface area contributed by atoms with Gasteiger partial charge in [0.05, 0.1) is 76.5 Å². The van der Waals surface area contributed by atoms with Crippen LogP contribution < -0.4 is 20.1 Å². The summed E-state index contributed by atoms with van der Waals surface area (Å²) < 4.78 is 34.2. The van der Waals surface area contributed by atoms with Gasteiger partial charge in [-0.25, -0.2) is 19.6 Å². The second-order valence-corrected chi connectivity index (χ2v) is 16.9. The fraction of sp³-hybridized carbons (Fsp3) is 0.543. The van der Waals surface area contributed by atoms with Crippen molar-refractivity contribution in [1.82, 2.24) is 40.4 Å². The highest BCUT2D eigenvalue weighted by atomic mass is 16.6. The summed E-state index contributed by atoms with van der Waals surface area (Å²) in [7, 11) is 2.68. The monoisotopic (exact) mass is 870 g/mol. The van der Waals surface area contributed by atoms with Crippen molar-refractivity contribution in [2.75, 3.05) is 73.5 Å². The number of methoxy groups -OCH3 is 2. The van der Waals surface area contributed by atoms with E-state index in [0.717, 1.165) is 71.7 Å². The summed E-state index contributed by atoms with van der Waals surface area (Å²) in [6.45, 7) is 12.5. The largest absolute Gasteiger partial charge is 0.491 e. The molecule has 7 rings (SSSR count). The number of carbonyl (C=O) groups excluding carboxylic acids is 3. The van der Waals surface area contributed by atoms with Crippen LogP contribution in [0.1, 0.15) is 77.1 Å². The zero-order valence-electron chi connectivity index (χ0n) is 37.2. The summed E-state index contributed by atoms with van der Waals surface area (Å²) in [5, 5.41) is 5.71. The first kappa shape index (κ1) is 45.4. The first-order chi connectivity index (χ1) is 30.5.